The summed E-state index contributed by atoms with van der Waals surface area (Å²) >= 11 is 6.16. The fraction of sp³-hybridized carbons (Fsp3) is 0.571. The van der Waals surface area contributed by atoms with Gasteiger partial charge in [-0.1, -0.05) is 29.8 Å². The quantitative estimate of drug-likeness (QED) is 0.914. The van der Waals surface area contributed by atoms with Gasteiger partial charge in [-0.15, -0.1) is 0 Å². The standard InChI is InChI=1S/C14H18ClF3N2/c15-12-4-2-1-3-11(12)13(5-6-14(16,17)18)20-9-7-19-8-10-20/h1-4,13,19H,5-10H2/t13-/m1/s1. The second kappa shape index (κ2) is 6.78. The van der Waals surface area contributed by atoms with Gasteiger partial charge in [0.05, 0.1) is 0 Å². The lowest BCUT2D eigenvalue weighted by Crippen LogP contribution is -2.45. The summed E-state index contributed by atoms with van der Waals surface area (Å²) in [6.45, 7) is 3.08. The molecule has 0 radical (unpaired) electrons. The van der Waals surface area contributed by atoms with Gasteiger partial charge in [-0.05, 0) is 18.1 Å². The van der Waals surface area contributed by atoms with Gasteiger partial charge in [-0.3, -0.25) is 4.90 Å². The Morgan fingerprint density at radius 1 is 1.20 bits per heavy atom. The van der Waals surface area contributed by atoms with Crippen molar-refractivity contribution in [3.63, 3.8) is 0 Å². The van der Waals surface area contributed by atoms with Crippen LogP contribution in [0.5, 0.6) is 0 Å². The molecule has 1 aliphatic heterocycles. The second-order valence-corrected chi connectivity index (χ2v) is 5.38. The Hall–Kier alpha value is -0.780. The van der Waals surface area contributed by atoms with Crippen LogP contribution in [0.3, 0.4) is 0 Å². The van der Waals surface area contributed by atoms with E-state index in [1.165, 1.54) is 0 Å². The highest BCUT2D eigenvalue weighted by Gasteiger charge is 2.31. The van der Waals surface area contributed by atoms with Gasteiger partial charge in [0.2, 0.25) is 0 Å². The average molecular weight is 307 g/mol. The first-order chi connectivity index (χ1) is 9.47. The first-order valence-corrected chi connectivity index (χ1v) is 7.11. The van der Waals surface area contributed by atoms with Crippen LogP contribution in [-0.4, -0.2) is 37.3 Å². The number of halogens is 4. The number of benzene rings is 1. The van der Waals surface area contributed by atoms with Crippen LogP contribution < -0.4 is 5.32 Å². The average Bonchev–Trinajstić information content (AvgIpc) is 2.41. The third kappa shape index (κ3) is 4.36. The topological polar surface area (TPSA) is 15.3 Å². The highest BCUT2D eigenvalue weighted by molar-refractivity contribution is 6.31. The molecule has 1 heterocycles. The zero-order chi connectivity index (χ0) is 14.6. The fourth-order valence-electron chi connectivity index (χ4n) is 2.57. The molecule has 1 saturated heterocycles. The summed E-state index contributed by atoms with van der Waals surface area (Å²) in [7, 11) is 0. The minimum Gasteiger partial charge on any atom is -0.314 e. The second-order valence-electron chi connectivity index (χ2n) is 4.98. The molecule has 1 aromatic rings. The van der Waals surface area contributed by atoms with Crippen molar-refractivity contribution in [1.82, 2.24) is 10.2 Å². The van der Waals surface area contributed by atoms with E-state index in [1.807, 2.05) is 12.1 Å². The van der Waals surface area contributed by atoms with Gasteiger partial charge in [0, 0.05) is 43.7 Å². The Morgan fingerprint density at radius 3 is 2.45 bits per heavy atom. The van der Waals surface area contributed by atoms with Crippen LogP contribution in [0.25, 0.3) is 0 Å². The smallest absolute Gasteiger partial charge is 0.314 e. The molecule has 1 aromatic carbocycles. The number of nitrogens with one attached hydrogen (secondary N) is 1. The number of hydrogen-bond donors (Lipinski definition) is 1. The van der Waals surface area contributed by atoms with Crippen LogP contribution in [-0.2, 0) is 0 Å². The molecule has 1 atom stereocenters. The lowest BCUT2D eigenvalue weighted by molar-refractivity contribution is -0.138. The van der Waals surface area contributed by atoms with Crippen LogP contribution >= 0.6 is 11.6 Å². The monoisotopic (exact) mass is 306 g/mol. The molecule has 1 fully saturated rings. The van der Waals surface area contributed by atoms with E-state index in [9.17, 15) is 13.2 Å². The van der Waals surface area contributed by atoms with Crippen molar-refractivity contribution in [3.05, 3.63) is 34.9 Å². The molecule has 1 N–H and O–H groups in total. The highest BCUT2D eigenvalue weighted by atomic mass is 35.5. The van der Waals surface area contributed by atoms with Crippen molar-refractivity contribution in [2.75, 3.05) is 26.2 Å². The molecule has 2 nitrogen and oxygen atoms in total. The Labute approximate surface area is 121 Å². The first kappa shape index (κ1) is 15.6. The predicted molar refractivity (Wildman–Crippen MR) is 73.9 cm³/mol. The summed E-state index contributed by atoms with van der Waals surface area (Å²) in [4.78, 5) is 2.09. The molecule has 0 unspecified atom stereocenters. The van der Waals surface area contributed by atoms with Gasteiger partial charge in [0.15, 0.2) is 0 Å². The van der Waals surface area contributed by atoms with Crippen molar-refractivity contribution < 1.29 is 13.2 Å². The molecular formula is C14H18ClF3N2. The molecule has 0 saturated carbocycles. The van der Waals surface area contributed by atoms with Gasteiger partial charge in [0.1, 0.15) is 0 Å². The van der Waals surface area contributed by atoms with Crippen molar-refractivity contribution in [1.29, 1.82) is 0 Å². The van der Waals surface area contributed by atoms with Crippen LogP contribution in [0.1, 0.15) is 24.4 Å². The Bertz CT molecular complexity index is 431. The Morgan fingerprint density at radius 2 is 1.85 bits per heavy atom. The highest BCUT2D eigenvalue weighted by Crippen LogP contribution is 2.34. The van der Waals surface area contributed by atoms with Gasteiger partial charge >= 0.3 is 6.18 Å². The fourth-order valence-corrected chi connectivity index (χ4v) is 2.84. The molecule has 0 bridgehead atoms. The molecule has 0 amide bonds. The molecule has 1 aliphatic rings. The summed E-state index contributed by atoms with van der Waals surface area (Å²) in [5.41, 5.74) is 0.792. The lowest BCUT2D eigenvalue weighted by atomic mass is 9.99. The van der Waals surface area contributed by atoms with Gasteiger partial charge < -0.3 is 5.32 Å². The summed E-state index contributed by atoms with van der Waals surface area (Å²) in [5, 5.41) is 3.75. The summed E-state index contributed by atoms with van der Waals surface area (Å²) in [6.07, 6.45) is -4.87. The third-order valence-corrected chi connectivity index (χ3v) is 3.90. The zero-order valence-corrected chi connectivity index (χ0v) is 11.8. The Kier molecular flexibility index (Phi) is 5.29. The van der Waals surface area contributed by atoms with Gasteiger partial charge in [-0.25, -0.2) is 0 Å². The van der Waals surface area contributed by atoms with Crippen molar-refractivity contribution >= 4 is 11.6 Å². The molecule has 0 spiro atoms. The predicted octanol–water partition coefficient (Wildman–Crippen LogP) is 3.63. The number of hydrogen-bond acceptors (Lipinski definition) is 2. The maximum Gasteiger partial charge on any atom is 0.389 e. The molecular weight excluding hydrogens is 289 g/mol. The van der Waals surface area contributed by atoms with E-state index >= 15 is 0 Å². The van der Waals surface area contributed by atoms with Gasteiger partial charge in [0.25, 0.3) is 0 Å². The summed E-state index contributed by atoms with van der Waals surface area (Å²) in [5.74, 6) is 0. The van der Waals surface area contributed by atoms with Crippen LogP contribution in [0.15, 0.2) is 24.3 Å². The van der Waals surface area contributed by atoms with E-state index in [1.54, 1.807) is 12.1 Å². The zero-order valence-electron chi connectivity index (χ0n) is 11.1. The van der Waals surface area contributed by atoms with Crippen molar-refractivity contribution in [2.24, 2.45) is 0 Å². The number of piperazine rings is 1. The van der Waals surface area contributed by atoms with E-state index in [2.05, 4.69) is 10.2 Å². The molecule has 2 rings (SSSR count). The molecule has 112 valence electrons. The lowest BCUT2D eigenvalue weighted by Gasteiger charge is -2.35. The van der Waals surface area contributed by atoms with Crippen LogP contribution in [0, 0.1) is 0 Å². The van der Waals surface area contributed by atoms with E-state index in [-0.39, 0.29) is 12.5 Å². The minimum atomic E-state index is -4.13. The summed E-state index contributed by atoms with van der Waals surface area (Å²) < 4.78 is 37.6. The van der Waals surface area contributed by atoms with Crippen molar-refractivity contribution in [2.45, 2.75) is 25.1 Å². The van der Waals surface area contributed by atoms with E-state index in [0.29, 0.717) is 5.02 Å². The normalized spacial score (nSPS) is 19.0. The van der Waals surface area contributed by atoms with Crippen LogP contribution in [0.4, 0.5) is 13.2 Å². The number of rotatable bonds is 4. The van der Waals surface area contributed by atoms with Crippen LogP contribution in [0.2, 0.25) is 5.02 Å². The van der Waals surface area contributed by atoms with Gasteiger partial charge in [-0.2, -0.15) is 13.2 Å². The Balaban J connectivity index is 2.17. The maximum atomic E-state index is 12.5. The van der Waals surface area contributed by atoms with Crippen molar-refractivity contribution in [3.8, 4) is 0 Å². The number of alkyl halides is 3. The number of nitrogens with zero attached hydrogens (tertiary/aromatic N) is 1. The first-order valence-electron chi connectivity index (χ1n) is 6.73. The molecule has 0 aromatic heterocycles. The SMILES string of the molecule is FC(F)(F)CC[C@H](c1ccccc1Cl)N1CCNCC1. The largest absolute Gasteiger partial charge is 0.389 e. The van der Waals surface area contributed by atoms with E-state index in [0.717, 1.165) is 31.7 Å². The minimum absolute atomic E-state index is 0.0488. The van der Waals surface area contributed by atoms with E-state index in [4.69, 9.17) is 11.6 Å². The van der Waals surface area contributed by atoms with E-state index < -0.39 is 12.6 Å². The summed E-state index contributed by atoms with van der Waals surface area (Å²) in [6, 6.07) is 6.91. The maximum absolute atomic E-state index is 12.5. The molecule has 0 aliphatic carbocycles. The third-order valence-electron chi connectivity index (χ3n) is 3.56. The molecule has 20 heavy (non-hydrogen) atoms. The molecule has 6 heteroatoms.